The third-order valence-electron chi connectivity index (χ3n) is 1.85. The molecule has 2 heterocycles. The van der Waals surface area contributed by atoms with Gasteiger partial charge < -0.3 is 5.73 Å². The van der Waals surface area contributed by atoms with Crippen LogP contribution in [0.2, 0.25) is 0 Å². The Morgan fingerprint density at radius 1 is 1.46 bits per heavy atom. The normalized spacial score (nSPS) is 10.2. The van der Waals surface area contributed by atoms with E-state index in [0.29, 0.717) is 5.69 Å². The highest BCUT2D eigenvalue weighted by molar-refractivity contribution is 5.42. The Balaban J connectivity index is 2.48. The first-order valence-corrected chi connectivity index (χ1v) is 3.99. The molecular weight excluding hydrogens is 164 g/mol. The minimum atomic E-state index is 0.698. The van der Waals surface area contributed by atoms with E-state index in [0.717, 1.165) is 11.4 Å². The molecule has 0 aliphatic carbocycles. The summed E-state index contributed by atoms with van der Waals surface area (Å²) in [7, 11) is 0. The van der Waals surface area contributed by atoms with Gasteiger partial charge in [0.1, 0.15) is 0 Å². The van der Waals surface area contributed by atoms with Crippen LogP contribution < -0.4 is 5.73 Å². The maximum Gasteiger partial charge on any atom is 0.0829 e. The van der Waals surface area contributed by atoms with E-state index >= 15 is 0 Å². The minimum Gasteiger partial charge on any atom is -0.396 e. The lowest BCUT2D eigenvalue weighted by molar-refractivity contribution is 0.857. The van der Waals surface area contributed by atoms with Crippen molar-refractivity contribution in [3.05, 3.63) is 36.4 Å². The molecule has 0 spiro atoms. The Labute approximate surface area is 76.0 Å². The van der Waals surface area contributed by atoms with Crippen molar-refractivity contribution in [1.82, 2.24) is 14.8 Å². The topological polar surface area (TPSA) is 56.7 Å². The molecule has 0 bridgehead atoms. The van der Waals surface area contributed by atoms with Crippen molar-refractivity contribution in [2.45, 2.75) is 6.92 Å². The van der Waals surface area contributed by atoms with Gasteiger partial charge in [-0.05, 0) is 19.1 Å². The van der Waals surface area contributed by atoms with Crippen molar-refractivity contribution in [1.29, 1.82) is 0 Å². The average Bonchev–Trinajstić information content (AvgIpc) is 2.49. The van der Waals surface area contributed by atoms with Gasteiger partial charge in [-0.2, -0.15) is 5.10 Å². The van der Waals surface area contributed by atoms with Crippen LogP contribution in [0.1, 0.15) is 5.69 Å². The van der Waals surface area contributed by atoms with Crippen LogP contribution in [-0.2, 0) is 0 Å². The van der Waals surface area contributed by atoms with Crippen LogP contribution in [-0.4, -0.2) is 14.8 Å². The van der Waals surface area contributed by atoms with E-state index in [1.165, 1.54) is 0 Å². The maximum atomic E-state index is 5.67. The molecule has 2 N–H and O–H groups in total. The monoisotopic (exact) mass is 174 g/mol. The molecule has 0 saturated carbocycles. The highest BCUT2D eigenvalue weighted by atomic mass is 15.3. The van der Waals surface area contributed by atoms with Gasteiger partial charge in [-0.1, -0.05) is 0 Å². The predicted octanol–water partition coefficient (Wildman–Crippen LogP) is 1.16. The Morgan fingerprint density at radius 2 is 2.31 bits per heavy atom. The average molecular weight is 174 g/mol. The molecule has 0 aliphatic rings. The SMILES string of the molecule is Cc1nn(-c2cccnc2)cc1N. The summed E-state index contributed by atoms with van der Waals surface area (Å²) in [6.07, 6.45) is 5.25. The quantitative estimate of drug-likeness (QED) is 0.705. The van der Waals surface area contributed by atoms with Crippen molar-refractivity contribution >= 4 is 5.69 Å². The molecule has 2 rings (SSSR count). The van der Waals surface area contributed by atoms with Gasteiger partial charge in [0.2, 0.25) is 0 Å². The summed E-state index contributed by atoms with van der Waals surface area (Å²) < 4.78 is 1.72. The second kappa shape index (κ2) is 2.90. The fraction of sp³-hybridized carbons (Fsp3) is 0.111. The molecule has 2 aromatic heterocycles. The largest absolute Gasteiger partial charge is 0.396 e. The first kappa shape index (κ1) is 7.79. The second-order valence-electron chi connectivity index (χ2n) is 2.83. The van der Waals surface area contributed by atoms with Crippen LogP contribution in [0.25, 0.3) is 5.69 Å². The predicted molar refractivity (Wildman–Crippen MR) is 50.5 cm³/mol. The summed E-state index contributed by atoms with van der Waals surface area (Å²) in [6.45, 7) is 1.88. The zero-order valence-electron chi connectivity index (χ0n) is 7.31. The smallest absolute Gasteiger partial charge is 0.0829 e. The van der Waals surface area contributed by atoms with Crippen LogP contribution >= 0.6 is 0 Å². The van der Waals surface area contributed by atoms with Gasteiger partial charge in [0, 0.05) is 6.20 Å². The van der Waals surface area contributed by atoms with E-state index in [4.69, 9.17) is 5.73 Å². The number of aryl methyl sites for hydroxylation is 1. The Hall–Kier alpha value is -1.84. The zero-order chi connectivity index (χ0) is 9.26. The van der Waals surface area contributed by atoms with Crippen LogP contribution in [0, 0.1) is 6.92 Å². The molecule has 0 unspecified atom stereocenters. The number of anilines is 1. The summed E-state index contributed by atoms with van der Waals surface area (Å²) in [4.78, 5) is 4.00. The third-order valence-corrected chi connectivity index (χ3v) is 1.85. The van der Waals surface area contributed by atoms with Crippen LogP contribution in [0.15, 0.2) is 30.7 Å². The molecule has 0 aliphatic heterocycles. The summed E-state index contributed by atoms with van der Waals surface area (Å²) in [5, 5.41) is 4.23. The number of pyridine rings is 1. The maximum absolute atomic E-state index is 5.67. The van der Waals surface area contributed by atoms with Crippen molar-refractivity contribution in [3.63, 3.8) is 0 Å². The summed E-state index contributed by atoms with van der Waals surface area (Å²) in [5.74, 6) is 0. The van der Waals surface area contributed by atoms with Gasteiger partial charge in [0.25, 0.3) is 0 Å². The molecule has 2 aromatic rings. The van der Waals surface area contributed by atoms with Gasteiger partial charge in [-0.25, -0.2) is 4.68 Å². The number of nitrogens with two attached hydrogens (primary N) is 1. The number of aromatic nitrogens is 3. The van der Waals surface area contributed by atoms with E-state index in [9.17, 15) is 0 Å². The number of rotatable bonds is 1. The lowest BCUT2D eigenvalue weighted by Crippen LogP contribution is -1.94. The van der Waals surface area contributed by atoms with E-state index in [1.54, 1.807) is 23.3 Å². The fourth-order valence-corrected chi connectivity index (χ4v) is 1.09. The molecule has 0 aromatic carbocycles. The van der Waals surface area contributed by atoms with E-state index in [1.807, 2.05) is 19.1 Å². The Bertz CT molecular complexity index is 385. The molecule has 4 heteroatoms. The third kappa shape index (κ3) is 1.38. The minimum absolute atomic E-state index is 0.698. The standard InChI is InChI=1S/C9H10N4/c1-7-9(10)6-13(12-7)8-3-2-4-11-5-8/h2-6H,10H2,1H3. The molecule has 66 valence electrons. The first-order chi connectivity index (χ1) is 6.27. The number of hydrogen-bond donors (Lipinski definition) is 1. The van der Waals surface area contributed by atoms with Crippen molar-refractivity contribution in [2.75, 3.05) is 5.73 Å². The zero-order valence-corrected chi connectivity index (χ0v) is 7.31. The van der Waals surface area contributed by atoms with Crippen molar-refractivity contribution in [3.8, 4) is 5.69 Å². The molecular formula is C9H10N4. The van der Waals surface area contributed by atoms with Crippen LogP contribution in [0.5, 0.6) is 0 Å². The first-order valence-electron chi connectivity index (χ1n) is 3.99. The molecule has 0 fully saturated rings. The van der Waals surface area contributed by atoms with Crippen molar-refractivity contribution < 1.29 is 0 Å². The van der Waals surface area contributed by atoms with Gasteiger partial charge >= 0.3 is 0 Å². The number of hydrogen-bond acceptors (Lipinski definition) is 3. The summed E-state index contributed by atoms with van der Waals surface area (Å²) in [5.41, 5.74) is 8.13. The van der Waals surface area contributed by atoms with Gasteiger partial charge in [0.05, 0.1) is 29.5 Å². The van der Waals surface area contributed by atoms with Gasteiger partial charge in [-0.15, -0.1) is 0 Å². The second-order valence-corrected chi connectivity index (χ2v) is 2.83. The van der Waals surface area contributed by atoms with Crippen molar-refractivity contribution in [2.24, 2.45) is 0 Å². The summed E-state index contributed by atoms with van der Waals surface area (Å²) in [6, 6.07) is 3.79. The molecule has 0 atom stereocenters. The molecule has 4 nitrogen and oxygen atoms in total. The van der Waals surface area contributed by atoms with E-state index in [-0.39, 0.29) is 0 Å². The highest BCUT2D eigenvalue weighted by Crippen LogP contribution is 2.11. The lowest BCUT2D eigenvalue weighted by Gasteiger charge is -1.97. The van der Waals surface area contributed by atoms with Crippen LogP contribution in [0.4, 0.5) is 5.69 Å². The lowest BCUT2D eigenvalue weighted by atomic mass is 10.4. The molecule has 0 amide bonds. The van der Waals surface area contributed by atoms with E-state index < -0.39 is 0 Å². The van der Waals surface area contributed by atoms with Gasteiger partial charge in [0.15, 0.2) is 0 Å². The molecule has 13 heavy (non-hydrogen) atoms. The number of nitrogens with zero attached hydrogens (tertiary/aromatic N) is 3. The highest BCUT2D eigenvalue weighted by Gasteiger charge is 2.01. The Morgan fingerprint density at radius 3 is 2.85 bits per heavy atom. The van der Waals surface area contributed by atoms with E-state index in [2.05, 4.69) is 10.1 Å². The molecule has 0 saturated heterocycles. The fourth-order valence-electron chi connectivity index (χ4n) is 1.09. The number of nitrogen functional groups attached to an aromatic ring is 1. The molecule has 0 radical (unpaired) electrons. The van der Waals surface area contributed by atoms with Gasteiger partial charge in [-0.3, -0.25) is 4.98 Å². The summed E-state index contributed by atoms with van der Waals surface area (Å²) >= 11 is 0. The van der Waals surface area contributed by atoms with Crippen LogP contribution in [0.3, 0.4) is 0 Å². The Kier molecular flexibility index (Phi) is 1.73.